The fraction of sp³-hybridized carbons (Fsp3) is 0.625. The summed E-state index contributed by atoms with van der Waals surface area (Å²) in [5.74, 6) is 0.638. The molecule has 2 amide bonds. The second-order valence-corrected chi connectivity index (χ2v) is 5.64. The Kier molecular flexibility index (Phi) is 6.47. The zero-order valence-electron chi connectivity index (χ0n) is 12.7. The molecule has 2 N–H and O–H groups in total. The fourth-order valence-corrected chi connectivity index (χ4v) is 2.65. The van der Waals surface area contributed by atoms with Crippen LogP contribution < -0.4 is 10.6 Å². The molecule has 0 bridgehead atoms. The molecule has 1 aliphatic carbocycles. The molecule has 21 heavy (non-hydrogen) atoms. The number of aromatic nitrogens is 1. The van der Waals surface area contributed by atoms with Crippen LogP contribution in [0.5, 0.6) is 0 Å². The van der Waals surface area contributed by atoms with Gasteiger partial charge in [-0.25, -0.2) is 4.79 Å². The van der Waals surface area contributed by atoms with E-state index < -0.39 is 0 Å². The van der Waals surface area contributed by atoms with E-state index in [0.717, 1.165) is 12.0 Å². The van der Waals surface area contributed by atoms with Crippen LogP contribution in [0.4, 0.5) is 4.79 Å². The van der Waals surface area contributed by atoms with Crippen molar-refractivity contribution in [2.45, 2.75) is 45.3 Å². The SMILES string of the molecule is CC1CCCCC1OCCNC(=O)NCc1ccncc1. The monoisotopic (exact) mass is 291 g/mol. The highest BCUT2D eigenvalue weighted by Gasteiger charge is 2.21. The Morgan fingerprint density at radius 2 is 2.05 bits per heavy atom. The van der Waals surface area contributed by atoms with Crippen molar-refractivity contribution in [1.29, 1.82) is 0 Å². The first-order valence-electron chi connectivity index (χ1n) is 7.78. The average molecular weight is 291 g/mol. The zero-order valence-corrected chi connectivity index (χ0v) is 12.7. The number of urea groups is 1. The van der Waals surface area contributed by atoms with Crippen LogP contribution in [-0.4, -0.2) is 30.3 Å². The topological polar surface area (TPSA) is 63.2 Å². The highest BCUT2D eigenvalue weighted by Crippen LogP contribution is 2.25. The van der Waals surface area contributed by atoms with E-state index in [2.05, 4.69) is 22.5 Å². The Morgan fingerprint density at radius 3 is 2.81 bits per heavy atom. The highest BCUT2D eigenvalue weighted by atomic mass is 16.5. The number of ether oxygens (including phenoxy) is 1. The van der Waals surface area contributed by atoms with Gasteiger partial charge in [0.05, 0.1) is 12.7 Å². The van der Waals surface area contributed by atoms with Gasteiger partial charge in [0.2, 0.25) is 0 Å². The molecule has 0 aliphatic heterocycles. The lowest BCUT2D eigenvalue weighted by atomic mass is 9.88. The summed E-state index contributed by atoms with van der Waals surface area (Å²) in [6.07, 6.45) is 8.77. The van der Waals surface area contributed by atoms with Crippen molar-refractivity contribution >= 4 is 6.03 Å². The van der Waals surface area contributed by atoms with E-state index in [1.54, 1.807) is 12.4 Å². The lowest BCUT2D eigenvalue weighted by Gasteiger charge is -2.28. The molecule has 1 aromatic rings. The molecule has 2 unspecified atom stereocenters. The smallest absolute Gasteiger partial charge is 0.315 e. The average Bonchev–Trinajstić information content (AvgIpc) is 2.52. The minimum atomic E-state index is -0.160. The van der Waals surface area contributed by atoms with E-state index in [9.17, 15) is 4.79 Å². The van der Waals surface area contributed by atoms with Crippen molar-refractivity contribution in [3.05, 3.63) is 30.1 Å². The number of nitrogens with zero attached hydrogens (tertiary/aromatic N) is 1. The Labute approximate surface area is 126 Å². The first-order valence-corrected chi connectivity index (χ1v) is 7.78. The third-order valence-corrected chi connectivity index (χ3v) is 3.95. The number of nitrogens with one attached hydrogen (secondary N) is 2. The second-order valence-electron chi connectivity index (χ2n) is 5.64. The summed E-state index contributed by atoms with van der Waals surface area (Å²) in [4.78, 5) is 15.6. The number of hydrogen-bond acceptors (Lipinski definition) is 3. The number of carbonyl (C=O) groups excluding carboxylic acids is 1. The molecule has 5 nitrogen and oxygen atoms in total. The zero-order chi connectivity index (χ0) is 14.9. The van der Waals surface area contributed by atoms with Crippen molar-refractivity contribution in [3.8, 4) is 0 Å². The van der Waals surface area contributed by atoms with Crippen LogP contribution in [0.25, 0.3) is 0 Å². The first-order chi connectivity index (χ1) is 10.3. The molecule has 116 valence electrons. The van der Waals surface area contributed by atoms with Crippen LogP contribution in [0.15, 0.2) is 24.5 Å². The van der Waals surface area contributed by atoms with Gasteiger partial charge in [-0.1, -0.05) is 19.8 Å². The van der Waals surface area contributed by atoms with E-state index in [1.807, 2.05) is 12.1 Å². The first kappa shape index (κ1) is 15.8. The van der Waals surface area contributed by atoms with Gasteiger partial charge in [-0.05, 0) is 36.5 Å². The van der Waals surface area contributed by atoms with Gasteiger partial charge in [0, 0.05) is 25.5 Å². The predicted molar refractivity (Wildman–Crippen MR) is 81.8 cm³/mol. The third-order valence-electron chi connectivity index (χ3n) is 3.95. The van der Waals surface area contributed by atoms with Gasteiger partial charge < -0.3 is 15.4 Å². The number of hydrogen-bond donors (Lipinski definition) is 2. The molecule has 1 aromatic heterocycles. The standard InChI is InChI=1S/C16H25N3O2/c1-13-4-2-3-5-15(13)21-11-10-18-16(20)19-12-14-6-8-17-9-7-14/h6-9,13,15H,2-5,10-12H2,1H3,(H2,18,19,20). The Balaban J connectivity index is 1.55. The van der Waals surface area contributed by atoms with Crippen LogP contribution in [0, 0.1) is 5.92 Å². The minimum Gasteiger partial charge on any atom is -0.376 e. The Hall–Kier alpha value is -1.62. The van der Waals surface area contributed by atoms with Crippen LogP contribution in [0.3, 0.4) is 0 Å². The number of amides is 2. The van der Waals surface area contributed by atoms with Crippen molar-refractivity contribution in [1.82, 2.24) is 15.6 Å². The van der Waals surface area contributed by atoms with E-state index in [-0.39, 0.29) is 6.03 Å². The van der Waals surface area contributed by atoms with Gasteiger partial charge in [0.25, 0.3) is 0 Å². The van der Waals surface area contributed by atoms with E-state index in [1.165, 1.54) is 19.3 Å². The van der Waals surface area contributed by atoms with E-state index >= 15 is 0 Å². The normalized spacial score (nSPS) is 21.8. The third kappa shape index (κ3) is 5.71. The maximum Gasteiger partial charge on any atom is 0.315 e. The summed E-state index contributed by atoms with van der Waals surface area (Å²) in [5, 5.41) is 5.63. The van der Waals surface area contributed by atoms with Crippen molar-refractivity contribution in [2.24, 2.45) is 5.92 Å². The molecule has 1 aliphatic rings. The van der Waals surface area contributed by atoms with E-state index in [0.29, 0.717) is 31.7 Å². The van der Waals surface area contributed by atoms with Crippen molar-refractivity contribution < 1.29 is 9.53 Å². The van der Waals surface area contributed by atoms with Crippen LogP contribution in [0.1, 0.15) is 38.2 Å². The van der Waals surface area contributed by atoms with Crippen LogP contribution >= 0.6 is 0 Å². The summed E-state index contributed by atoms with van der Waals surface area (Å²) in [6.45, 7) is 3.89. The van der Waals surface area contributed by atoms with Gasteiger partial charge in [-0.3, -0.25) is 4.98 Å². The lowest BCUT2D eigenvalue weighted by molar-refractivity contribution is -0.00243. The predicted octanol–water partition coefficient (Wildman–Crippen LogP) is 2.48. The Bertz CT molecular complexity index is 425. The number of rotatable bonds is 6. The molecule has 5 heteroatoms. The molecule has 0 radical (unpaired) electrons. The molecule has 1 saturated carbocycles. The summed E-state index contributed by atoms with van der Waals surface area (Å²) >= 11 is 0. The summed E-state index contributed by atoms with van der Waals surface area (Å²) in [7, 11) is 0. The van der Waals surface area contributed by atoms with Crippen LogP contribution in [-0.2, 0) is 11.3 Å². The van der Waals surface area contributed by atoms with Gasteiger partial charge in [-0.15, -0.1) is 0 Å². The quantitative estimate of drug-likeness (QED) is 0.791. The van der Waals surface area contributed by atoms with Crippen molar-refractivity contribution in [3.63, 3.8) is 0 Å². The molecule has 0 aromatic carbocycles. The number of carbonyl (C=O) groups is 1. The molecular formula is C16H25N3O2. The van der Waals surface area contributed by atoms with E-state index in [4.69, 9.17) is 4.74 Å². The van der Waals surface area contributed by atoms with Gasteiger partial charge in [0.1, 0.15) is 0 Å². The van der Waals surface area contributed by atoms with Gasteiger partial charge >= 0.3 is 6.03 Å². The summed E-state index contributed by atoms with van der Waals surface area (Å²) in [6, 6.07) is 3.61. The molecule has 0 spiro atoms. The number of pyridine rings is 1. The second kappa shape index (κ2) is 8.62. The van der Waals surface area contributed by atoms with Crippen LogP contribution in [0.2, 0.25) is 0 Å². The van der Waals surface area contributed by atoms with Crippen molar-refractivity contribution in [2.75, 3.05) is 13.2 Å². The molecule has 2 rings (SSSR count). The molecule has 2 atom stereocenters. The Morgan fingerprint density at radius 1 is 1.29 bits per heavy atom. The maximum atomic E-state index is 11.6. The highest BCUT2D eigenvalue weighted by molar-refractivity contribution is 5.73. The van der Waals surface area contributed by atoms with Gasteiger partial charge in [-0.2, -0.15) is 0 Å². The maximum absolute atomic E-state index is 11.6. The molecule has 1 heterocycles. The molecular weight excluding hydrogens is 266 g/mol. The molecule has 1 fully saturated rings. The molecule has 0 saturated heterocycles. The summed E-state index contributed by atoms with van der Waals surface area (Å²) < 4.78 is 5.86. The largest absolute Gasteiger partial charge is 0.376 e. The minimum absolute atomic E-state index is 0.160. The fourth-order valence-electron chi connectivity index (χ4n) is 2.65. The summed E-state index contributed by atoms with van der Waals surface area (Å²) in [5.41, 5.74) is 1.03. The lowest BCUT2D eigenvalue weighted by Crippen LogP contribution is -2.38. The van der Waals surface area contributed by atoms with Gasteiger partial charge in [0.15, 0.2) is 0 Å².